The summed E-state index contributed by atoms with van der Waals surface area (Å²) in [6.07, 6.45) is -1.64. The summed E-state index contributed by atoms with van der Waals surface area (Å²) in [6, 6.07) is 7.34. The van der Waals surface area contributed by atoms with E-state index in [1.165, 1.54) is 0 Å². The highest BCUT2D eigenvalue weighted by atomic mass is 79.9. The van der Waals surface area contributed by atoms with E-state index in [0.717, 1.165) is 5.56 Å². The van der Waals surface area contributed by atoms with Crippen LogP contribution >= 0.6 is 15.9 Å². The molecule has 0 saturated carbocycles. The number of nitrogens with zero attached hydrogens (tertiary/aromatic N) is 3. The van der Waals surface area contributed by atoms with E-state index < -0.39 is 12.2 Å². The second-order valence-electron chi connectivity index (χ2n) is 3.63. The van der Waals surface area contributed by atoms with E-state index in [9.17, 15) is 10.2 Å². The topological polar surface area (TPSA) is 89.2 Å². The van der Waals surface area contributed by atoms with Crippen LogP contribution in [0.25, 0.3) is 10.4 Å². The van der Waals surface area contributed by atoms with Crippen LogP contribution in [-0.4, -0.2) is 22.9 Å². The molecule has 0 aromatic heterocycles. The monoisotopic (exact) mass is 299 g/mol. The first-order chi connectivity index (χ1) is 8.19. The minimum absolute atomic E-state index is 0.173. The Kier molecular flexibility index (Phi) is 6.00. The second kappa shape index (κ2) is 7.29. The lowest BCUT2D eigenvalue weighted by Crippen LogP contribution is -2.19. The summed E-state index contributed by atoms with van der Waals surface area (Å²) < 4.78 is 0. The number of azide groups is 1. The van der Waals surface area contributed by atoms with Crippen LogP contribution < -0.4 is 0 Å². The Morgan fingerprint density at radius 1 is 1.41 bits per heavy atom. The minimum Gasteiger partial charge on any atom is -0.390 e. The molecule has 0 aliphatic heterocycles. The Labute approximate surface area is 108 Å². The molecule has 1 aromatic rings. The Morgan fingerprint density at radius 3 is 2.82 bits per heavy atom. The maximum absolute atomic E-state index is 9.91. The first kappa shape index (κ1) is 14.0. The van der Waals surface area contributed by atoms with Gasteiger partial charge in [0.1, 0.15) is 6.10 Å². The van der Waals surface area contributed by atoms with Crippen molar-refractivity contribution in [3.8, 4) is 0 Å². The van der Waals surface area contributed by atoms with Gasteiger partial charge in [-0.15, -0.1) is 0 Å². The predicted octanol–water partition coefficient (Wildman–Crippen LogP) is 2.68. The summed E-state index contributed by atoms with van der Waals surface area (Å²) in [5.41, 5.74) is 9.81. The molecule has 0 heterocycles. The highest BCUT2D eigenvalue weighted by Crippen LogP contribution is 2.21. The normalized spacial score (nSPS) is 13.8. The van der Waals surface area contributed by atoms with Gasteiger partial charge < -0.3 is 10.2 Å². The largest absolute Gasteiger partial charge is 0.390 e. The third kappa shape index (κ3) is 4.36. The quantitative estimate of drug-likeness (QED) is 0.366. The van der Waals surface area contributed by atoms with Gasteiger partial charge in [0.15, 0.2) is 0 Å². The number of aliphatic hydroxyl groups excluding tert-OH is 2. The number of hydrogen-bond donors (Lipinski definition) is 2. The van der Waals surface area contributed by atoms with Crippen LogP contribution in [0, 0.1) is 0 Å². The summed E-state index contributed by atoms with van der Waals surface area (Å²) in [6.45, 7) is 0.173. The van der Waals surface area contributed by atoms with Crippen LogP contribution in [-0.2, 0) is 5.33 Å². The van der Waals surface area contributed by atoms with E-state index in [0.29, 0.717) is 10.9 Å². The average molecular weight is 300 g/mol. The van der Waals surface area contributed by atoms with E-state index in [1.54, 1.807) is 6.07 Å². The van der Waals surface area contributed by atoms with Crippen molar-refractivity contribution < 1.29 is 10.2 Å². The van der Waals surface area contributed by atoms with Crippen molar-refractivity contribution >= 4 is 15.9 Å². The fraction of sp³-hybridized carbons (Fsp3) is 0.455. The van der Waals surface area contributed by atoms with Crippen LogP contribution in [0.2, 0.25) is 0 Å². The molecule has 17 heavy (non-hydrogen) atoms. The van der Waals surface area contributed by atoms with Gasteiger partial charge in [0.05, 0.1) is 6.10 Å². The number of benzene rings is 1. The fourth-order valence-electron chi connectivity index (χ4n) is 1.47. The standard InChI is InChI=1S/C11H14BrN3O2/c12-7-8-2-1-3-9(6-8)11(17)10(16)4-5-14-15-13/h1-3,6,10-11,16-17H,4-5,7H2. The van der Waals surface area contributed by atoms with Gasteiger partial charge in [-0.25, -0.2) is 0 Å². The van der Waals surface area contributed by atoms with Gasteiger partial charge >= 0.3 is 0 Å². The molecule has 92 valence electrons. The van der Waals surface area contributed by atoms with Crippen molar-refractivity contribution in [2.45, 2.75) is 24.0 Å². The molecule has 0 saturated heterocycles. The van der Waals surface area contributed by atoms with Crippen molar-refractivity contribution in [1.29, 1.82) is 0 Å². The number of aliphatic hydroxyl groups is 2. The molecule has 0 fully saturated rings. The van der Waals surface area contributed by atoms with Gasteiger partial charge in [0, 0.05) is 16.8 Å². The SMILES string of the molecule is [N-]=[N+]=NCCC(O)C(O)c1cccc(CBr)c1. The lowest BCUT2D eigenvalue weighted by molar-refractivity contribution is 0.0150. The summed E-state index contributed by atoms with van der Waals surface area (Å²) in [7, 11) is 0. The molecule has 0 aliphatic rings. The molecular weight excluding hydrogens is 286 g/mol. The highest BCUT2D eigenvalue weighted by molar-refractivity contribution is 9.08. The molecule has 0 spiro atoms. The van der Waals surface area contributed by atoms with Crippen LogP contribution in [0.15, 0.2) is 29.4 Å². The first-order valence-electron chi connectivity index (χ1n) is 5.21. The molecule has 0 bridgehead atoms. The molecule has 5 nitrogen and oxygen atoms in total. The van der Waals surface area contributed by atoms with Gasteiger partial charge in [-0.05, 0) is 23.1 Å². The van der Waals surface area contributed by atoms with Crippen LogP contribution in [0.1, 0.15) is 23.7 Å². The third-order valence-electron chi connectivity index (χ3n) is 2.40. The number of hydrogen-bond acceptors (Lipinski definition) is 3. The lowest BCUT2D eigenvalue weighted by atomic mass is 10.0. The summed E-state index contributed by atoms with van der Waals surface area (Å²) in [4.78, 5) is 2.59. The lowest BCUT2D eigenvalue weighted by Gasteiger charge is -2.17. The Balaban J connectivity index is 2.66. The zero-order valence-corrected chi connectivity index (χ0v) is 10.8. The molecule has 2 unspecified atom stereocenters. The zero-order valence-electron chi connectivity index (χ0n) is 9.20. The number of halogens is 1. The van der Waals surface area contributed by atoms with E-state index in [2.05, 4.69) is 26.0 Å². The molecular formula is C11H14BrN3O2. The van der Waals surface area contributed by atoms with Gasteiger partial charge in [0.25, 0.3) is 0 Å². The molecule has 2 N–H and O–H groups in total. The van der Waals surface area contributed by atoms with E-state index in [4.69, 9.17) is 5.53 Å². The maximum Gasteiger partial charge on any atom is 0.105 e. The zero-order chi connectivity index (χ0) is 12.7. The van der Waals surface area contributed by atoms with E-state index in [1.807, 2.05) is 18.2 Å². The van der Waals surface area contributed by atoms with E-state index >= 15 is 0 Å². The van der Waals surface area contributed by atoms with Gasteiger partial charge in [0.2, 0.25) is 0 Å². The van der Waals surface area contributed by atoms with Crippen molar-refractivity contribution in [2.24, 2.45) is 5.11 Å². The molecule has 1 aromatic carbocycles. The second-order valence-corrected chi connectivity index (χ2v) is 4.19. The molecule has 6 heteroatoms. The molecule has 0 radical (unpaired) electrons. The van der Waals surface area contributed by atoms with Crippen molar-refractivity contribution in [3.05, 3.63) is 45.8 Å². The average Bonchev–Trinajstić information content (AvgIpc) is 2.38. The van der Waals surface area contributed by atoms with Crippen molar-refractivity contribution in [2.75, 3.05) is 6.54 Å². The van der Waals surface area contributed by atoms with Crippen molar-refractivity contribution in [3.63, 3.8) is 0 Å². The molecule has 0 aliphatic carbocycles. The fourth-order valence-corrected chi connectivity index (χ4v) is 1.82. The van der Waals surface area contributed by atoms with E-state index in [-0.39, 0.29) is 13.0 Å². The smallest absolute Gasteiger partial charge is 0.105 e. The predicted molar refractivity (Wildman–Crippen MR) is 68.7 cm³/mol. The summed E-state index contributed by atoms with van der Waals surface area (Å²) >= 11 is 3.33. The Bertz CT molecular complexity index is 407. The number of alkyl halides is 1. The summed E-state index contributed by atoms with van der Waals surface area (Å²) in [5, 5.41) is 23.6. The van der Waals surface area contributed by atoms with Crippen LogP contribution in [0.4, 0.5) is 0 Å². The van der Waals surface area contributed by atoms with Crippen LogP contribution in [0.3, 0.4) is 0 Å². The minimum atomic E-state index is -0.956. The maximum atomic E-state index is 9.91. The van der Waals surface area contributed by atoms with Crippen molar-refractivity contribution in [1.82, 2.24) is 0 Å². The van der Waals surface area contributed by atoms with Gasteiger partial charge in [-0.1, -0.05) is 45.3 Å². The highest BCUT2D eigenvalue weighted by Gasteiger charge is 2.17. The molecule has 1 rings (SSSR count). The number of rotatable bonds is 6. The van der Waals surface area contributed by atoms with Gasteiger partial charge in [-0.3, -0.25) is 0 Å². The van der Waals surface area contributed by atoms with Crippen LogP contribution in [0.5, 0.6) is 0 Å². The Morgan fingerprint density at radius 2 is 2.18 bits per heavy atom. The molecule has 2 atom stereocenters. The molecule has 0 amide bonds. The Hall–Kier alpha value is -1.07. The van der Waals surface area contributed by atoms with Gasteiger partial charge in [-0.2, -0.15) is 0 Å². The summed E-state index contributed by atoms with van der Waals surface area (Å²) in [5.74, 6) is 0. The first-order valence-corrected chi connectivity index (χ1v) is 6.33. The third-order valence-corrected chi connectivity index (χ3v) is 3.05.